The number of hydrogen-bond donors (Lipinski definition) is 0. The van der Waals surface area contributed by atoms with Crippen LogP contribution in [0.25, 0.3) is 0 Å². The van der Waals surface area contributed by atoms with Crippen LogP contribution >= 0.6 is 0 Å². The van der Waals surface area contributed by atoms with Gasteiger partial charge in [-0.1, -0.05) is 234 Å². The number of esters is 3. The molecule has 0 aliphatic rings. The molecule has 67 heavy (non-hydrogen) atoms. The van der Waals surface area contributed by atoms with Crippen molar-refractivity contribution in [2.75, 3.05) is 13.2 Å². The van der Waals surface area contributed by atoms with Crippen LogP contribution in [0.2, 0.25) is 0 Å². The first-order valence-corrected chi connectivity index (χ1v) is 28.1. The third kappa shape index (κ3) is 53.4. The second kappa shape index (κ2) is 55.2. The fraction of sp³-hybridized carbons (Fsp3) is 0.721. The molecule has 0 fully saturated rings. The Balaban J connectivity index is 4.19. The molecule has 0 spiro atoms. The summed E-state index contributed by atoms with van der Waals surface area (Å²) in [4.78, 5) is 37.9. The summed E-state index contributed by atoms with van der Waals surface area (Å²) in [7, 11) is 0. The largest absolute Gasteiger partial charge is 0.462 e. The molecular formula is C61H104O6. The van der Waals surface area contributed by atoms with Crippen LogP contribution in [0.5, 0.6) is 0 Å². The van der Waals surface area contributed by atoms with Crippen LogP contribution < -0.4 is 0 Å². The van der Waals surface area contributed by atoms with Crippen LogP contribution in [0.1, 0.15) is 265 Å². The molecule has 384 valence electrons. The molecule has 1 atom stereocenters. The van der Waals surface area contributed by atoms with Crippen molar-refractivity contribution in [1.29, 1.82) is 0 Å². The lowest BCUT2D eigenvalue weighted by Gasteiger charge is -2.18. The molecule has 0 radical (unpaired) electrons. The van der Waals surface area contributed by atoms with Gasteiger partial charge in [0.25, 0.3) is 0 Å². The molecule has 0 aromatic rings. The van der Waals surface area contributed by atoms with Crippen molar-refractivity contribution in [3.8, 4) is 0 Å². The molecule has 1 unspecified atom stereocenters. The van der Waals surface area contributed by atoms with E-state index in [4.69, 9.17) is 14.2 Å². The SMILES string of the molecule is CC/C=C\C/C=C\C/C=C\C/C=C\C/C=C\C/C=C\CCCCCCCCCCC(=O)OCC(COC(=O)CCCCCCCCC)OC(=O)CCCCCCC/C=C\CCCCCCCC. The van der Waals surface area contributed by atoms with Gasteiger partial charge in [0.1, 0.15) is 13.2 Å². The van der Waals surface area contributed by atoms with Crippen molar-refractivity contribution >= 4 is 17.9 Å². The molecule has 0 amide bonds. The van der Waals surface area contributed by atoms with E-state index in [2.05, 4.69) is 106 Å². The lowest BCUT2D eigenvalue weighted by molar-refractivity contribution is -0.167. The Hall–Kier alpha value is -3.41. The highest BCUT2D eigenvalue weighted by Crippen LogP contribution is 2.14. The molecule has 0 N–H and O–H groups in total. The highest BCUT2D eigenvalue weighted by Gasteiger charge is 2.19. The summed E-state index contributed by atoms with van der Waals surface area (Å²) >= 11 is 0. The van der Waals surface area contributed by atoms with Crippen LogP contribution in [0.4, 0.5) is 0 Å². The van der Waals surface area contributed by atoms with Crippen molar-refractivity contribution in [3.05, 3.63) is 85.1 Å². The van der Waals surface area contributed by atoms with Gasteiger partial charge in [0, 0.05) is 19.3 Å². The van der Waals surface area contributed by atoms with Gasteiger partial charge in [0.15, 0.2) is 6.10 Å². The quantitative estimate of drug-likeness (QED) is 0.0262. The minimum absolute atomic E-state index is 0.0812. The number of rotatable bonds is 50. The van der Waals surface area contributed by atoms with E-state index in [0.717, 1.165) is 116 Å². The molecule has 6 heteroatoms. The first kappa shape index (κ1) is 63.6. The normalized spacial score (nSPS) is 12.7. The van der Waals surface area contributed by atoms with E-state index in [1.165, 1.54) is 109 Å². The zero-order valence-electron chi connectivity index (χ0n) is 43.9. The Morgan fingerprint density at radius 1 is 0.313 bits per heavy atom. The smallest absolute Gasteiger partial charge is 0.306 e. The van der Waals surface area contributed by atoms with E-state index < -0.39 is 6.10 Å². The zero-order chi connectivity index (χ0) is 48.6. The van der Waals surface area contributed by atoms with Crippen molar-refractivity contribution in [3.63, 3.8) is 0 Å². The van der Waals surface area contributed by atoms with Gasteiger partial charge in [-0.05, 0) is 96.3 Å². The fourth-order valence-corrected chi connectivity index (χ4v) is 7.68. The number of ether oxygens (including phenoxy) is 3. The van der Waals surface area contributed by atoms with E-state index >= 15 is 0 Å². The fourth-order valence-electron chi connectivity index (χ4n) is 7.68. The van der Waals surface area contributed by atoms with E-state index in [-0.39, 0.29) is 31.1 Å². The molecule has 0 bridgehead atoms. The molecule has 0 rings (SSSR count). The summed E-state index contributed by atoms with van der Waals surface area (Å²) in [5.74, 6) is -0.902. The summed E-state index contributed by atoms with van der Waals surface area (Å²) in [5, 5.41) is 0. The van der Waals surface area contributed by atoms with Crippen molar-refractivity contribution in [1.82, 2.24) is 0 Å². The average molecular weight is 933 g/mol. The van der Waals surface area contributed by atoms with Gasteiger partial charge in [0.2, 0.25) is 0 Å². The maximum Gasteiger partial charge on any atom is 0.306 e. The van der Waals surface area contributed by atoms with Crippen molar-refractivity contribution in [2.45, 2.75) is 271 Å². The summed E-state index contributed by atoms with van der Waals surface area (Å²) in [6, 6.07) is 0. The molecule has 0 heterocycles. The van der Waals surface area contributed by atoms with Gasteiger partial charge in [-0.25, -0.2) is 0 Å². The van der Waals surface area contributed by atoms with Gasteiger partial charge < -0.3 is 14.2 Å². The predicted octanol–water partition coefficient (Wildman–Crippen LogP) is 18.8. The Bertz CT molecular complexity index is 1300. The van der Waals surface area contributed by atoms with Crippen LogP contribution in [-0.2, 0) is 28.6 Å². The van der Waals surface area contributed by atoms with Crippen LogP contribution in [0.3, 0.4) is 0 Å². The van der Waals surface area contributed by atoms with Crippen molar-refractivity contribution in [2.24, 2.45) is 0 Å². The second-order valence-corrected chi connectivity index (χ2v) is 18.5. The Labute approximate surface area is 414 Å². The number of unbranched alkanes of at least 4 members (excludes halogenated alkanes) is 25. The molecule has 0 aliphatic carbocycles. The maximum atomic E-state index is 12.8. The molecule has 0 aromatic heterocycles. The highest BCUT2D eigenvalue weighted by atomic mass is 16.6. The minimum Gasteiger partial charge on any atom is -0.462 e. The van der Waals surface area contributed by atoms with Gasteiger partial charge in [-0.15, -0.1) is 0 Å². The number of carbonyl (C=O) groups excluding carboxylic acids is 3. The summed E-state index contributed by atoms with van der Waals surface area (Å²) in [5.41, 5.74) is 0. The minimum atomic E-state index is -0.781. The number of allylic oxidation sites excluding steroid dienone is 14. The second-order valence-electron chi connectivity index (χ2n) is 18.5. The molecule has 0 saturated carbocycles. The van der Waals surface area contributed by atoms with Crippen LogP contribution in [0, 0.1) is 0 Å². The average Bonchev–Trinajstić information content (AvgIpc) is 3.33. The van der Waals surface area contributed by atoms with E-state index in [1.807, 2.05) is 0 Å². The van der Waals surface area contributed by atoms with E-state index in [0.29, 0.717) is 19.3 Å². The number of hydrogen-bond acceptors (Lipinski definition) is 6. The lowest BCUT2D eigenvalue weighted by atomic mass is 10.1. The lowest BCUT2D eigenvalue weighted by Crippen LogP contribution is -2.30. The third-order valence-electron chi connectivity index (χ3n) is 11.9. The Morgan fingerprint density at radius 3 is 0.925 bits per heavy atom. The van der Waals surface area contributed by atoms with Gasteiger partial charge in [-0.2, -0.15) is 0 Å². The van der Waals surface area contributed by atoms with E-state index in [1.54, 1.807) is 0 Å². The zero-order valence-corrected chi connectivity index (χ0v) is 43.9. The third-order valence-corrected chi connectivity index (χ3v) is 11.9. The topological polar surface area (TPSA) is 78.9 Å². The van der Waals surface area contributed by atoms with E-state index in [9.17, 15) is 14.4 Å². The van der Waals surface area contributed by atoms with Crippen LogP contribution in [-0.4, -0.2) is 37.2 Å². The predicted molar refractivity (Wildman–Crippen MR) is 288 cm³/mol. The molecule has 6 nitrogen and oxygen atoms in total. The first-order chi connectivity index (χ1) is 33.0. The highest BCUT2D eigenvalue weighted by molar-refractivity contribution is 5.71. The van der Waals surface area contributed by atoms with Crippen molar-refractivity contribution < 1.29 is 28.6 Å². The Kier molecular flexibility index (Phi) is 52.4. The van der Waals surface area contributed by atoms with Gasteiger partial charge >= 0.3 is 17.9 Å². The molecule has 0 aliphatic heterocycles. The molecule has 0 saturated heterocycles. The summed E-state index contributed by atoms with van der Waals surface area (Å²) in [6.45, 7) is 6.47. The summed E-state index contributed by atoms with van der Waals surface area (Å²) in [6.07, 6.45) is 71.6. The van der Waals surface area contributed by atoms with Gasteiger partial charge in [0.05, 0.1) is 0 Å². The standard InChI is InChI=1S/C61H104O6/c1-4-7-10-13-16-18-20-22-24-25-26-27-28-29-30-31-32-33-34-35-37-38-40-42-45-48-51-54-60(63)66-57-58(56-65-59(62)53-50-47-44-15-12-9-6-3)67-61(64)55-52-49-46-43-41-39-36-23-21-19-17-14-11-8-5-2/h7,10,16,18,22-24,26-27,29-30,32-33,36,58H,4-6,8-9,11-15,17,19-21,25,28,31,34-35,37-57H2,1-3H3/b10-7-,18-16-,24-22-,27-26-,30-29-,33-32-,36-23-. The van der Waals surface area contributed by atoms with Crippen LogP contribution in [0.15, 0.2) is 85.1 Å². The summed E-state index contributed by atoms with van der Waals surface area (Å²) < 4.78 is 16.8. The Morgan fingerprint density at radius 2 is 0.582 bits per heavy atom. The molecule has 0 aromatic carbocycles. The maximum absolute atomic E-state index is 12.8. The van der Waals surface area contributed by atoms with Gasteiger partial charge in [-0.3, -0.25) is 14.4 Å². The number of carbonyl (C=O) groups is 3. The first-order valence-electron chi connectivity index (χ1n) is 28.1. The molecular weight excluding hydrogens is 829 g/mol. The monoisotopic (exact) mass is 933 g/mol.